The van der Waals surface area contributed by atoms with E-state index in [1.54, 1.807) is 13.2 Å². The molecule has 98 valence electrons. The van der Waals surface area contributed by atoms with E-state index in [2.05, 4.69) is 6.58 Å². The predicted octanol–water partition coefficient (Wildman–Crippen LogP) is 3.18. The number of benzene rings is 1. The normalized spacial score (nSPS) is 14.5. The van der Waals surface area contributed by atoms with Crippen LogP contribution in [-0.4, -0.2) is 13.4 Å². The lowest BCUT2D eigenvalue weighted by Gasteiger charge is -2.14. The molecule has 3 heteroatoms. The lowest BCUT2D eigenvalue weighted by molar-refractivity contribution is -0.105. The zero-order valence-corrected chi connectivity index (χ0v) is 10.9. The molecule has 2 rings (SSSR count). The van der Waals surface area contributed by atoms with Crippen LogP contribution in [0.5, 0.6) is 5.75 Å². The Labute approximate surface area is 112 Å². The second kappa shape index (κ2) is 6.05. The Morgan fingerprint density at radius 2 is 2.05 bits per heavy atom. The summed E-state index contributed by atoms with van der Waals surface area (Å²) in [6.07, 6.45) is 5.16. The molecule has 1 aliphatic rings. The van der Waals surface area contributed by atoms with Gasteiger partial charge in [-0.05, 0) is 36.3 Å². The van der Waals surface area contributed by atoms with Crippen LogP contribution >= 0.6 is 0 Å². The average molecular weight is 256 g/mol. The van der Waals surface area contributed by atoms with Crippen molar-refractivity contribution in [3.8, 4) is 5.75 Å². The van der Waals surface area contributed by atoms with Gasteiger partial charge in [-0.2, -0.15) is 0 Å². The Bertz CT molecular complexity index is 536. The third kappa shape index (κ3) is 3.35. The molecule has 0 fully saturated rings. The molecular weight excluding hydrogens is 240 g/mol. The van der Waals surface area contributed by atoms with E-state index in [1.165, 1.54) is 0 Å². The van der Waals surface area contributed by atoms with Crippen LogP contribution in [0.3, 0.4) is 0 Å². The molecule has 0 aromatic heterocycles. The Hall–Kier alpha value is -2.29. The zero-order chi connectivity index (χ0) is 13.7. The Morgan fingerprint density at radius 3 is 2.68 bits per heavy atom. The fourth-order valence-corrected chi connectivity index (χ4v) is 1.81. The third-order valence-electron chi connectivity index (χ3n) is 2.87. The first-order valence-corrected chi connectivity index (χ1v) is 6.04. The van der Waals surface area contributed by atoms with Crippen LogP contribution in [0.2, 0.25) is 0 Å². The number of ether oxygens (including phenoxy) is 2. The predicted molar refractivity (Wildman–Crippen MR) is 73.8 cm³/mol. The smallest absolute Gasteiger partial charge is 0.153 e. The topological polar surface area (TPSA) is 35.5 Å². The van der Waals surface area contributed by atoms with E-state index >= 15 is 0 Å². The number of hydrogen-bond donors (Lipinski definition) is 0. The van der Waals surface area contributed by atoms with E-state index in [9.17, 15) is 4.79 Å². The van der Waals surface area contributed by atoms with Crippen molar-refractivity contribution >= 4 is 6.29 Å². The summed E-state index contributed by atoms with van der Waals surface area (Å²) in [6.45, 7) is 4.26. The standard InChI is InChI=1S/C16H16O3/c1-12-3-8-16(14(9-12)10-17)19-11-13-4-6-15(18-2)7-5-13/h4-10H,1,3,11H2,2H3. The van der Waals surface area contributed by atoms with E-state index in [1.807, 2.05) is 30.3 Å². The van der Waals surface area contributed by atoms with E-state index in [-0.39, 0.29) is 0 Å². The summed E-state index contributed by atoms with van der Waals surface area (Å²) in [5.41, 5.74) is 2.49. The first-order chi connectivity index (χ1) is 9.22. The third-order valence-corrected chi connectivity index (χ3v) is 2.87. The summed E-state index contributed by atoms with van der Waals surface area (Å²) in [7, 11) is 1.63. The molecule has 1 aromatic rings. The van der Waals surface area contributed by atoms with Gasteiger partial charge < -0.3 is 9.47 Å². The van der Waals surface area contributed by atoms with Gasteiger partial charge in [0.05, 0.1) is 12.7 Å². The molecule has 0 atom stereocenters. The van der Waals surface area contributed by atoms with Crippen molar-refractivity contribution in [1.82, 2.24) is 0 Å². The fraction of sp³-hybridized carbons (Fsp3) is 0.188. The molecule has 1 aromatic carbocycles. The minimum atomic E-state index is 0.424. The van der Waals surface area contributed by atoms with Crippen LogP contribution in [0.15, 0.2) is 59.9 Å². The highest BCUT2D eigenvalue weighted by molar-refractivity contribution is 5.81. The molecule has 0 saturated carbocycles. The highest BCUT2D eigenvalue weighted by Crippen LogP contribution is 2.22. The first-order valence-electron chi connectivity index (χ1n) is 6.04. The minimum Gasteiger partial charge on any atom is -0.497 e. The molecule has 0 unspecified atom stereocenters. The van der Waals surface area contributed by atoms with Gasteiger partial charge in [0.15, 0.2) is 6.29 Å². The van der Waals surface area contributed by atoms with Crippen LogP contribution in [0.1, 0.15) is 12.0 Å². The fourth-order valence-electron chi connectivity index (χ4n) is 1.81. The Kier molecular flexibility index (Phi) is 4.18. The maximum absolute atomic E-state index is 11.0. The van der Waals surface area contributed by atoms with Gasteiger partial charge in [0.2, 0.25) is 0 Å². The van der Waals surface area contributed by atoms with Gasteiger partial charge in [0, 0.05) is 0 Å². The van der Waals surface area contributed by atoms with Crippen molar-refractivity contribution in [1.29, 1.82) is 0 Å². The van der Waals surface area contributed by atoms with Crippen LogP contribution < -0.4 is 4.74 Å². The van der Waals surface area contributed by atoms with Crippen molar-refractivity contribution < 1.29 is 14.3 Å². The van der Waals surface area contributed by atoms with Crippen molar-refractivity contribution in [2.75, 3.05) is 7.11 Å². The molecule has 0 N–H and O–H groups in total. The van der Waals surface area contributed by atoms with E-state index in [0.717, 1.165) is 29.6 Å². The maximum atomic E-state index is 11.0. The molecule has 0 saturated heterocycles. The van der Waals surface area contributed by atoms with Crippen molar-refractivity contribution in [3.63, 3.8) is 0 Å². The number of hydrogen-bond acceptors (Lipinski definition) is 3. The van der Waals surface area contributed by atoms with Crippen molar-refractivity contribution in [2.45, 2.75) is 13.0 Å². The summed E-state index contributed by atoms with van der Waals surface area (Å²) in [4.78, 5) is 11.0. The van der Waals surface area contributed by atoms with E-state index < -0.39 is 0 Å². The second-order valence-corrected chi connectivity index (χ2v) is 4.29. The van der Waals surface area contributed by atoms with Crippen LogP contribution in [0.25, 0.3) is 0 Å². The quantitative estimate of drug-likeness (QED) is 0.759. The molecule has 19 heavy (non-hydrogen) atoms. The monoisotopic (exact) mass is 256 g/mol. The van der Waals surface area contributed by atoms with Gasteiger partial charge in [0.25, 0.3) is 0 Å². The second-order valence-electron chi connectivity index (χ2n) is 4.29. The van der Waals surface area contributed by atoms with E-state index in [0.29, 0.717) is 17.9 Å². The Balaban J connectivity index is 2.00. The molecule has 0 radical (unpaired) electrons. The molecule has 0 aliphatic heterocycles. The summed E-state index contributed by atoms with van der Waals surface area (Å²) in [5, 5.41) is 0. The summed E-state index contributed by atoms with van der Waals surface area (Å²) in [6, 6.07) is 7.63. The van der Waals surface area contributed by atoms with Crippen LogP contribution in [-0.2, 0) is 16.1 Å². The zero-order valence-electron chi connectivity index (χ0n) is 10.9. The largest absolute Gasteiger partial charge is 0.497 e. The lowest BCUT2D eigenvalue weighted by atomic mass is 10.0. The van der Waals surface area contributed by atoms with Gasteiger partial charge in [-0.25, -0.2) is 0 Å². The number of methoxy groups -OCH3 is 1. The van der Waals surface area contributed by atoms with Crippen LogP contribution in [0.4, 0.5) is 0 Å². The van der Waals surface area contributed by atoms with Crippen molar-refractivity contribution in [3.05, 3.63) is 65.5 Å². The molecular formula is C16H16O3. The highest BCUT2D eigenvalue weighted by atomic mass is 16.5. The van der Waals surface area contributed by atoms with E-state index in [4.69, 9.17) is 9.47 Å². The molecule has 0 heterocycles. The van der Waals surface area contributed by atoms with Crippen LogP contribution in [0, 0.1) is 0 Å². The number of rotatable bonds is 5. The average Bonchev–Trinajstić information content (AvgIpc) is 2.46. The minimum absolute atomic E-state index is 0.424. The number of carbonyl (C=O) groups excluding carboxylic acids is 1. The van der Waals surface area contributed by atoms with Gasteiger partial charge >= 0.3 is 0 Å². The number of carbonyl (C=O) groups is 1. The lowest BCUT2D eigenvalue weighted by Crippen LogP contribution is -2.02. The van der Waals surface area contributed by atoms with Gasteiger partial charge in [-0.15, -0.1) is 0 Å². The first kappa shape index (κ1) is 13.1. The number of aldehydes is 1. The molecule has 0 bridgehead atoms. The molecule has 1 aliphatic carbocycles. The van der Waals surface area contributed by atoms with Gasteiger partial charge in [0.1, 0.15) is 18.1 Å². The number of allylic oxidation sites excluding steroid dienone is 4. The molecule has 0 amide bonds. The summed E-state index contributed by atoms with van der Waals surface area (Å²) >= 11 is 0. The maximum Gasteiger partial charge on any atom is 0.153 e. The SMILES string of the molecule is C=C1C=C(C=O)C(OCc2ccc(OC)cc2)=CC1. The van der Waals surface area contributed by atoms with Gasteiger partial charge in [-0.3, -0.25) is 4.79 Å². The summed E-state index contributed by atoms with van der Waals surface area (Å²) in [5.74, 6) is 1.43. The van der Waals surface area contributed by atoms with Crippen molar-refractivity contribution in [2.24, 2.45) is 0 Å². The molecule has 0 spiro atoms. The van der Waals surface area contributed by atoms with Gasteiger partial charge in [-0.1, -0.05) is 24.3 Å². The Morgan fingerprint density at radius 1 is 1.32 bits per heavy atom. The summed E-state index contributed by atoms with van der Waals surface area (Å²) < 4.78 is 10.8. The highest BCUT2D eigenvalue weighted by Gasteiger charge is 2.11. The molecule has 3 nitrogen and oxygen atoms in total.